The zero-order valence-corrected chi connectivity index (χ0v) is 11.7. The Morgan fingerprint density at radius 3 is 2.94 bits per heavy atom. The van der Waals surface area contributed by atoms with Crippen molar-refractivity contribution in [3.63, 3.8) is 0 Å². The Kier molecular flexibility index (Phi) is 3.82. The number of hydrogen-bond acceptors (Lipinski definition) is 4. The first-order chi connectivity index (χ1) is 8.08. The van der Waals surface area contributed by atoms with Gasteiger partial charge in [-0.2, -0.15) is 0 Å². The number of anilines is 1. The Labute approximate surface area is 113 Å². The molecule has 0 spiro atoms. The molecule has 1 aromatic rings. The lowest BCUT2D eigenvalue weighted by Gasteiger charge is -2.33. The molecule has 1 saturated heterocycles. The minimum absolute atomic E-state index is 0.178. The van der Waals surface area contributed by atoms with Crippen LogP contribution in [0.4, 0.5) is 11.4 Å². The van der Waals surface area contributed by atoms with Gasteiger partial charge in [0.1, 0.15) is 0 Å². The number of nitro groups is 1. The summed E-state index contributed by atoms with van der Waals surface area (Å²) in [5.41, 5.74) is 1.24. The van der Waals surface area contributed by atoms with Crippen LogP contribution in [0.25, 0.3) is 0 Å². The van der Waals surface area contributed by atoms with Gasteiger partial charge in [-0.05, 0) is 41.6 Å². The van der Waals surface area contributed by atoms with Crippen LogP contribution in [0, 0.1) is 13.7 Å². The van der Waals surface area contributed by atoms with E-state index >= 15 is 0 Å². The van der Waals surface area contributed by atoms with E-state index in [1.54, 1.807) is 6.07 Å². The zero-order valence-electron chi connectivity index (χ0n) is 9.52. The maximum atomic E-state index is 10.7. The summed E-state index contributed by atoms with van der Waals surface area (Å²) >= 11 is 2.02. The van der Waals surface area contributed by atoms with Crippen LogP contribution in [-0.2, 0) is 0 Å². The molecule has 0 amide bonds. The quantitative estimate of drug-likeness (QED) is 0.505. The van der Waals surface area contributed by atoms with Gasteiger partial charge >= 0.3 is 0 Å². The van der Waals surface area contributed by atoms with Crippen LogP contribution in [0.15, 0.2) is 18.2 Å². The molecular weight excluding hydrogens is 333 g/mol. The molecule has 0 saturated carbocycles. The molecule has 1 atom stereocenters. The van der Waals surface area contributed by atoms with Gasteiger partial charge < -0.3 is 10.2 Å². The Bertz CT molecular complexity index is 439. The van der Waals surface area contributed by atoms with E-state index in [1.165, 1.54) is 0 Å². The van der Waals surface area contributed by atoms with E-state index in [0.717, 1.165) is 25.3 Å². The summed E-state index contributed by atoms with van der Waals surface area (Å²) in [5, 5.41) is 14.1. The van der Waals surface area contributed by atoms with Gasteiger partial charge in [0.2, 0.25) is 0 Å². The lowest BCUT2D eigenvalue weighted by atomic mass is 10.2. The van der Waals surface area contributed by atoms with Crippen molar-refractivity contribution < 1.29 is 4.92 Å². The smallest absolute Gasteiger partial charge is 0.282 e. The highest BCUT2D eigenvalue weighted by atomic mass is 127. The molecule has 1 fully saturated rings. The third kappa shape index (κ3) is 2.86. The number of hydrogen-bond donors (Lipinski definition) is 1. The molecule has 1 aliphatic heterocycles. The summed E-state index contributed by atoms with van der Waals surface area (Å²) in [6.07, 6.45) is 0. The standard InChI is InChI=1S/C11H14IN3O2/c1-8-7-14(5-4-13-8)9-2-3-11(15(16)17)10(12)6-9/h2-3,6,8,13H,4-5,7H2,1H3/t8-/m1/s1. The number of halogens is 1. The van der Waals surface area contributed by atoms with Crippen molar-refractivity contribution in [1.82, 2.24) is 5.32 Å². The molecule has 0 aromatic heterocycles. The van der Waals surface area contributed by atoms with Gasteiger partial charge in [0.15, 0.2) is 0 Å². The Balaban J connectivity index is 2.22. The molecule has 0 bridgehead atoms. The minimum atomic E-state index is -0.341. The van der Waals surface area contributed by atoms with E-state index < -0.39 is 0 Å². The van der Waals surface area contributed by atoms with Gasteiger partial charge in [-0.25, -0.2) is 0 Å². The summed E-state index contributed by atoms with van der Waals surface area (Å²) in [4.78, 5) is 12.7. The van der Waals surface area contributed by atoms with E-state index in [0.29, 0.717) is 9.61 Å². The number of nitro benzene ring substituents is 1. The first-order valence-electron chi connectivity index (χ1n) is 5.50. The minimum Gasteiger partial charge on any atom is -0.369 e. The Morgan fingerprint density at radius 2 is 2.35 bits per heavy atom. The highest BCUT2D eigenvalue weighted by molar-refractivity contribution is 14.1. The van der Waals surface area contributed by atoms with E-state index in [9.17, 15) is 10.1 Å². The molecule has 0 radical (unpaired) electrons. The largest absolute Gasteiger partial charge is 0.369 e. The monoisotopic (exact) mass is 347 g/mol. The number of piperazine rings is 1. The number of nitrogens with zero attached hydrogens (tertiary/aromatic N) is 2. The van der Waals surface area contributed by atoms with Gasteiger partial charge in [0.25, 0.3) is 5.69 Å². The summed E-state index contributed by atoms with van der Waals surface area (Å²) in [6, 6.07) is 5.76. The predicted octanol–water partition coefficient (Wildman–Crippen LogP) is 2.00. The van der Waals surface area contributed by atoms with Gasteiger partial charge in [-0.15, -0.1) is 0 Å². The Morgan fingerprint density at radius 1 is 1.59 bits per heavy atom. The molecular formula is C11H14IN3O2. The summed E-state index contributed by atoms with van der Waals surface area (Å²) < 4.78 is 0.691. The van der Waals surface area contributed by atoms with Crippen LogP contribution in [0.1, 0.15) is 6.92 Å². The van der Waals surface area contributed by atoms with Crippen molar-refractivity contribution in [1.29, 1.82) is 0 Å². The van der Waals surface area contributed by atoms with Crippen molar-refractivity contribution in [2.24, 2.45) is 0 Å². The predicted molar refractivity (Wildman–Crippen MR) is 75.5 cm³/mol. The maximum absolute atomic E-state index is 10.7. The lowest BCUT2D eigenvalue weighted by Crippen LogP contribution is -2.49. The SMILES string of the molecule is C[C@@H]1CN(c2ccc([N+](=O)[O-])c(I)c2)CCN1. The number of rotatable bonds is 2. The summed E-state index contributed by atoms with van der Waals surface area (Å²) in [7, 11) is 0. The van der Waals surface area contributed by atoms with Crippen molar-refractivity contribution in [3.8, 4) is 0 Å². The average molecular weight is 347 g/mol. The third-order valence-electron chi connectivity index (χ3n) is 2.86. The van der Waals surface area contributed by atoms with Crippen LogP contribution in [-0.4, -0.2) is 30.6 Å². The second-order valence-electron chi connectivity index (χ2n) is 4.19. The van der Waals surface area contributed by atoms with Crippen LogP contribution < -0.4 is 10.2 Å². The molecule has 2 rings (SSSR count). The van der Waals surface area contributed by atoms with Gasteiger partial charge in [0, 0.05) is 37.4 Å². The second kappa shape index (κ2) is 5.18. The molecule has 0 aliphatic carbocycles. The molecule has 92 valence electrons. The maximum Gasteiger partial charge on any atom is 0.282 e. The van der Waals surface area contributed by atoms with Crippen LogP contribution in [0.2, 0.25) is 0 Å². The molecule has 1 aromatic carbocycles. The van der Waals surface area contributed by atoms with Crippen molar-refractivity contribution in [2.75, 3.05) is 24.5 Å². The normalized spacial score (nSPS) is 20.4. The summed E-state index contributed by atoms with van der Waals surface area (Å²) in [5.74, 6) is 0. The molecule has 1 heterocycles. The van der Waals surface area contributed by atoms with E-state index in [2.05, 4.69) is 17.1 Å². The zero-order chi connectivity index (χ0) is 12.4. The lowest BCUT2D eigenvalue weighted by molar-refractivity contribution is -0.385. The fraction of sp³-hybridized carbons (Fsp3) is 0.455. The number of nitrogens with one attached hydrogen (secondary N) is 1. The van der Waals surface area contributed by atoms with E-state index in [-0.39, 0.29) is 10.6 Å². The molecule has 6 heteroatoms. The van der Waals surface area contributed by atoms with Gasteiger partial charge in [0.05, 0.1) is 8.49 Å². The van der Waals surface area contributed by atoms with Crippen molar-refractivity contribution in [3.05, 3.63) is 31.9 Å². The first-order valence-corrected chi connectivity index (χ1v) is 6.58. The second-order valence-corrected chi connectivity index (χ2v) is 5.36. The van der Waals surface area contributed by atoms with Crippen LogP contribution >= 0.6 is 22.6 Å². The summed E-state index contributed by atoms with van der Waals surface area (Å²) in [6.45, 7) is 4.98. The topological polar surface area (TPSA) is 58.4 Å². The van der Waals surface area contributed by atoms with Crippen molar-refractivity contribution in [2.45, 2.75) is 13.0 Å². The van der Waals surface area contributed by atoms with E-state index in [1.807, 2.05) is 34.7 Å². The fourth-order valence-electron chi connectivity index (χ4n) is 2.01. The fourth-order valence-corrected chi connectivity index (χ4v) is 2.70. The molecule has 0 unspecified atom stereocenters. The highest BCUT2D eigenvalue weighted by Gasteiger charge is 2.18. The molecule has 1 aliphatic rings. The van der Waals surface area contributed by atoms with Gasteiger partial charge in [-0.1, -0.05) is 0 Å². The van der Waals surface area contributed by atoms with Crippen LogP contribution in [0.5, 0.6) is 0 Å². The average Bonchev–Trinajstić information content (AvgIpc) is 2.28. The third-order valence-corrected chi connectivity index (χ3v) is 3.73. The highest BCUT2D eigenvalue weighted by Crippen LogP contribution is 2.26. The number of benzene rings is 1. The molecule has 17 heavy (non-hydrogen) atoms. The van der Waals surface area contributed by atoms with Gasteiger partial charge in [-0.3, -0.25) is 10.1 Å². The van der Waals surface area contributed by atoms with E-state index in [4.69, 9.17) is 0 Å². The molecule has 5 nitrogen and oxygen atoms in total. The first kappa shape index (κ1) is 12.6. The van der Waals surface area contributed by atoms with Crippen LogP contribution in [0.3, 0.4) is 0 Å². The van der Waals surface area contributed by atoms with Crippen molar-refractivity contribution >= 4 is 34.0 Å². The Hall–Kier alpha value is -0.890. The molecule has 1 N–H and O–H groups in total.